The average Bonchev–Trinajstić information content (AvgIpc) is 2.24. The second-order valence-electron chi connectivity index (χ2n) is 5.34. The standard InChI is InChI=1S/C13H17F3O2/c1-12(2,3)11(18)10(17)8-6-4-5-7-9(8)13(14,15)16/h4-7,10-11,17-18H,1-3H3. The summed E-state index contributed by atoms with van der Waals surface area (Å²) in [7, 11) is 0. The number of hydrogen-bond acceptors (Lipinski definition) is 2. The molecule has 0 aromatic heterocycles. The number of alkyl halides is 3. The zero-order valence-corrected chi connectivity index (χ0v) is 10.5. The van der Waals surface area contributed by atoms with Gasteiger partial charge < -0.3 is 10.2 Å². The van der Waals surface area contributed by atoms with Crippen LogP contribution in [0.4, 0.5) is 13.2 Å². The summed E-state index contributed by atoms with van der Waals surface area (Å²) >= 11 is 0. The van der Waals surface area contributed by atoms with Crippen LogP contribution in [0.15, 0.2) is 24.3 Å². The van der Waals surface area contributed by atoms with Crippen LogP contribution < -0.4 is 0 Å². The number of aliphatic hydroxyl groups is 2. The van der Waals surface area contributed by atoms with Crippen LogP contribution in [-0.2, 0) is 6.18 Å². The Morgan fingerprint density at radius 3 is 1.94 bits per heavy atom. The smallest absolute Gasteiger partial charge is 0.390 e. The van der Waals surface area contributed by atoms with Crippen molar-refractivity contribution in [2.45, 2.75) is 39.2 Å². The van der Waals surface area contributed by atoms with Gasteiger partial charge >= 0.3 is 6.18 Å². The first kappa shape index (κ1) is 15.0. The average molecular weight is 262 g/mol. The van der Waals surface area contributed by atoms with Gasteiger partial charge in [-0.2, -0.15) is 13.2 Å². The maximum absolute atomic E-state index is 12.8. The monoisotopic (exact) mass is 262 g/mol. The molecule has 0 aliphatic carbocycles. The van der Waals surface area contributed by atoms with Crippen LogP contribution in [-0.4, -0.2) is 16.3 Å². The van der Waals surface area contributed by atoms with Gasteiger partial charge in [-0.05, 0) is 17.0 Å². The molecule has 2 nitrogen and oxygen atoms in total. The molecule has 18 heavy (non-hydrogen) atoms. The van der Waals surface area contributed by atoms with Crippen molar-refractivity contribution < 1.29 is 23.4 Å². The Bertz CT molecular complexity index is 407. The van der Waals surface area contributed by atoms with Gasteiger partial charge in [0, 0.05) is 0 Å². The minimum absolute atomic E-state index is 0.299. The highest BCUT2D eigenvalue weighted by molar-refractivity contribution is 5.32. The van der Waals surface area contributed by atoms with Crippen LogP contribution in [0.3, 0.4) is 0 Å². The van der Waals surface area contributed by atoms with Crippen LogP contribution in [0.25, 0.3) is 0 Å². The molecule has 1 aromatic carbocycles. The van der Waals surface area contributed by atoms with E-state index >= 15 is 0 Å². The first-order valence-electron chi connectivity index (χ1n) is 5.57. The van der Waals surface area contributed by atoms with Crippen LogP contribution in [0.5, 0.6) is 0 Å². The van der Waals surface area contributed by atoms with Crippen molar-refractivity contribution >= 4 is 0 Å². The van der Waals surface area contributed by atoms with E-state index in [2.05, 4.69) is 0 Å². The van der Waals surface area contributed by atoms with E-state index in [1.807, 2.05) is 0 Å². The van der Waals surface area contributed by atoms with Gasteiger partial charge in [0.15, 0.2) is 0 Å². The molecule has 0 aliphatic rings. The van der Waals surface area contributed by atoms with Crippen LogP contribution in [0.2, 0.25) is 0 Å². The van der Waals surface area contributed by atoms with E-state index in [1.165, 1.54) is 18.2 Å². The highest BCUT2D eigenvalue weighted by Gasteiger charge is 2.38. The van der Waals surface area contributed by atoms with E-state index in [1.54, 1.807) is 20.8 Å². The molecule has 2 unspecified atom stereocenters. The summed E-state index contributed by atoms with van der Waals surface area (Å²) < 4.78 is 38.3. The maximum Gasteiger partial charge on any atom is 0.416 e. The summed E-state index contributed by atoms with van der Waals surface area (Å²) in [5.41, 5.74) is -1.92. The number of halogens is 3. The number of hydrogen-bond donors (Lipinski definition) is 2. The van der Waals surface area contributed by atoms with E-state index in [0.717, 1.165) is 6.07 Å². The Kier molecular flexibility index (Phi) is 4.08. The molecule has 0 radical (unpaired) electrons. The van der Waals surface area contributed by atoms with Gasteiger partial charge in [0.05, 0.1) is 11.7 Å². The molecular weight excluding hydrogens is 245 g/mol. The summed E-state index contributed by atoms with van der Waals surface area (Å²) in [5.74, 6) is 0. The third-order valence-corrected chi connectivity index (χ3v) is 2.77. The molecule has 0 saturated carbocycles. The van der Waals surface area contributed by atoms with Gasteiger partial charge in [-0.1, -0.05) is 39.0 Å². The lowest BCUT2D eigenvalue weighted by atomic mass is 9.82. The molecule has 0 heterocycles. The molecule has 2 N–H and O–H groups in total. The van der Waals surface area contributed by atoms with Crippen molar-refractivity contribution in [3.63, 3.8) is 0 Å². The molecule has 5 heteroatoms. The SMILES string of the molecule is CC(C)(C)C(O)C(O)c1ccccc1C(F)(F)F. The summed E-state index contributed by atoms with van der Waals surface area (Å²) in [6.45, 7) is 4.95. The molecule has 0 saturated heterocycles. The first-order valence-corrected chi connectivity index (χ1v) is 5.57. The van der Waals surface area contributed by atoms with E-state index in [0.29, 0.717) is 0 Å². The predicted molar refractivity (Wildman–Crippen MR) is 61.9 cm³/mol. The van der Waals surface area contributed by atoms with E-state index in [9.17, 15) is 23.4 Å². The maximum atomic E-state index is 12.8. The molecule has 0 aliphatic heterocycles. The summed E-state index contributed by atoms with van der Waals surface area (Å²) in [6.07, 6.45) is -7.39. The van der Waals surface area contributed by atoms with Crippen molar-refractivity contribution in [2.24, 2.45) is 5.41 Å². The lowest BCUT2D eigenvalue weighted by Gasteiger charge is -2.31. The molecule has 0 bridgehead atoms. The first-order chi connectivity index (χ1) is 8.05. The lowest BCUT2D eigenvalue weighted by Crippen LogP contribution is -2.33. The molecule has 1 aromatic rings. The topological polar surface area (TPSA) is 40.5 Å². The second-order valence-corrected chi connectivity index (χ2v) is 5.34. The predicted octanol–water partition coefficient (Wildman–Crippen LogP) is 3.15. The summed E-state index contributed by atoms with van der Waals surface area (Å²) in [6, 6.07) is 4.74. The van der Waals surface area contributed by atoms with Crippen molar-refractivity contribution in [2.75, 3.05) is 0 Å². The lowest BCUT2D eigenvalue weighted by molar-refractivity contribution is -0.140. The van der Waals surface area contributed by atoms with Gasteiger partial charge in [0.1, 0.15) is 6.10 Å². The molecule has 1 rings (SSSR count). The molecule has 0 amide bonds. The number of aliphatic hydroxyl groups excluding tert-OH is 2. The Labute approximate surface area is 104 Å². The van der Waals surface area contributed by atoms with Gasteiger partial charge in [0.25, 0.3) is 0 Å². The van der Waals surface area contributed by atoms with Crippen LogP contribution >= 0.6 is 0 Å². The van der Waals surface area contributed by atoms with Crippen molar-refractivity contribution in [1.82, 2.24) is 0 Å². The Morgan fingerprint density at radius 1 is 1.00 bits per heavy atom. The zero-order valence-electron chi connectivity index (χ0n) is 10.5. The van der Waals surface area contributed by atoms with Crippen molar-refractivity contribution in [3.8, 4) is 0 Å². The third kappa shape index (κ3) is 3.23. The van der Waals surface area contributed by atoms with Crippen LogP contribution in [0, 0.1) is 5.41 Å². The fourth-order valence-electron chi connectivity index (χ4n) is 1.66. The van der Waals surface area contributed by atoms with Gasteiger partial charge in [0.2, 0.25) is 0 Å². The minimum atomic E-state index is -4.55. The number of benzene rings is 1. The molecule has 2 atom stereocenters. The van der Waals surface area contributed by atoms with E-state index < -0.39 is 29.4 Å². The molecular formula is C13H17F3O2. The Balaban J connectivity index is 3.18. The minimum Gasteiger partial charge on any atom is -0.390 e. The normalized spacial score (nSPS) is 16.4. The van der Waals surface area contributed by atoms with Crippen molar-refractivity contribution in [1.29, 1.82) is 0 Å². The van der Waals surface area contributed by atoms with Gasteiger partial charge in [-0.25, -0.2) is 0 Å². The second kappa shape index (κ2) is 4.90. The fourth-order valence-corrected chi connectivity index (χ4v) is 1.66. The largest absolute Gasteiger partial charge is 0.416 e. The molecule has 102 valence electrons. The summed E-state index contributed by atoms with van der Waals surface area (Å²) in [4.78, 5) is 0. The molecule has 0 spiro atoms. The van der Waals surface area contributed by atoms with Crippen molar-refractivity contribution in [3.05, 3.63) is 35.4 Å². The Hall–Kier alpha value is -1.07. The van der Waals surface area contributed by atoms with E-state index in [-0.39, 0.29) is 5.56 Å². The highest BCUT2D eigenvalue weighted by Crippen LogP contribution is 2.38. The summed E-state index contributed by atoms with van der Waals surface area (Å²) in [5, 5.41) is 19.8. The van der Waals surface area contributed by atoms with Crippen LogP contribution in [0.1, 0.15) is 38.0 Å². The zero-order chi connectivity index (χ0) is 14.1. The van der Waals surface area contributed by atoms with E-state index in [4.69, 9.17) is 0 Å². The Morgan fingerprint density at radius 2 is 1.50 bits per heavy atom. The van der Waals surface area contributed by atoms with Gasteiger partial charge in [-0.15, -0.1) is 0 Å². The third-order valence-electron chi connectivity index (χ3n) is 2.77. The molecule has 0 fully saturated rings. The number of rotatable bonds is 2. The fraction of sp³-hybridized carbons (Fsp3) is 0.538. The quantitative estimate of drug-likeness (QED) is 0.859. The highest BCUT2D eigenvalue weighted by atomic mass is 19.4. The van der Waals surface area contributed by atoms with Gasteiger partial charge in [-0.3, -0.25) is 0 Å².